The van der Waals surface area contributed by atoms with Gasteiger partial charge >= 0.3 is 0 Å². The quantitative estimate of drug-likeness (QED) is 0.716. The van der Waals surface area contributed by atoms with E-state index in [1.54, 1.807) is 18.2 Å². The van der Waals surface area contributed by atoms with Gasteiger partial charge in [0.15, 0.2) is 0 Å². The van der Waals surface area contributed by atoms with Crippen molar-refractivity contribution in [1.82, 2.24) is 5.32 Å². The molecule has 5 heteroatoms. The lowest BCUT2D eigenvalue weighted by molar-refractivity contribution is 0.0940. The zero-order chi connectivity index (χ0) is 14.7. The zero-order valence-electron chi connectivity index (χ0n) is 10.7. The van der Waals surface area contributed by atoms with Gasteiger partial charge in [0.25, 0.3) is 5.91 Å². The van der Waals surface area contributed by atoms with Gasteiger partial charge in [-0.2, -0.15) is 0 Å². The van der Waals surface area contributed by atoms with Crippen molar-refractivity contribution in [2.45, 2.75) is 13.0 Å². The van der Waals surface area contributed by atoms with Crippen molar-refractivity contribution in [2.24, 2.45) is 0 Å². The number of carbonyl (C=O) groups excluding carboxylic acids is 1. The van der Waals surface area contributed by atoms with Gasteiger partial charge in [-0.05, 0) is 42.8 Å². The summed E-state index contributed by atoms with van der Waals surface area (Å²) in [7, 11) is 0. The maximum atomic E-state index is 12.2. The molecule has 0 bridgehead atoms. The minimum absolute atomic E-state index is 0.0877. The molecule has 1 unspecified atom stereocenters. The summed E-state index contributed by atoms with van der Waals surface area (Å²) in [4.78, 5) is 12.2. The Morgan fingerprint density at radius 1 is 1.10 bits per heavy atom. The Balaban J connectivity index is 2.13. The van der Waals surface area contributed by atoms with Crippen molar-refractivity contribution in [3.63, 3.8) is 0 Å². The molecule has 2 nitrogen and oxygen atoms in total. The Kier molecular flexibility index (Phi) is 5.24. The van der Waals surface area contributed by atoms with Crippen LogP contribution in [0.5, 0.6) is 0 Å². The molecular formula is C15H12Br2ClNO. The molecule has 1 amide bonds. The lowest BCUT2D eigenvalue weighted by Gasteiger charge is -2.15. The van der Waals surface area contributed by atoms with Crippen molar-refractivity contribution in [3.05, 3.63) is 67.6 Å². The highest BCUT2D eigenvalue weighted by molar-refractivity contribution is 9.10. The topological polar surface area (TPSA) is 29.1 Å². The molecule has 0 fully saturated rings. The summed E-state index contributed by atoms with van der Waals surface area (Å²) in [5, 5.41) is 3.37. The normalized spacial score (nSPS) is 12.0. The first-order valence-corrected chi connectivity index (χ1v) is 7.95. The number of nitrogens with one attached hydrogen (secondary N) is 1. The minimum Gasteiger partial charge on any atom is -0.345 e. The van der Waals surface area contributed by atoms with Crippen molar-refractivity contribution < 1.29 is 4.79 Å². The first-order valence-electron chi connectivity index (χ1n) is 5.99. The van der Waals surface area contributed by atoms with E-state index >= 15 is 0 Å². The molecule has 0 heterocycles. The van der Waals surface area contributed by atoms with Crippen LogP contribution in [0.15, 0.2) is 51.4 Å². The van der Waals surface area contributed by atoms with Crippen molar-refractivity contribution >= 4 is 49.4 Å². The molecule has 2 aromatic carbocycles. The fraction of sp³-hybridized carbons (Fsp3) is 0.133. The standard InChI is InChI=1S/C15H12Br2ClNO/c1-9(10-2-4-11(16)5-3-10)19-15(20)13-7-6-12(17)8-14(13)18/h2-9H,1H3,(H,19,20). The summed E-state index contributed by atoms with van der Waals surface area (Å²) < 4.78 is 1.86. The van der Waals surface area contributed by atoms with E-state index in [9.17, 15) is 4.79 Å². The number of halogens is 3. The summed E-state index contributed by atoms with van der Waals surface area (Å²) >= 11 is 12.8. The van der Waals surface area contributed by atoms with Gasteiger partial charge in [-0.25, -0.2) is 0 Å². The van der Waals surface area contributed by atoms with Crippen LogP contribution >= 0.6 is 43.5 Å². The average molecular weight is 418 g/mol. The number of benzene rings is 2. The first-order chi connectivity index (χ1) is 9.47. The van der Waals surface area contributed by atoms with Crippen LogP contribution in [0.4, 0.5) is 0 Å². The maximum Gasteiger partial charge on any atom is 0.253 e. The molecule has 0 radical (unpaired) electrons. The third-order valence-corrected chi connectivity index (χ3v) is 4.23. The van der Waals surface area contributed by atoms with E-state index in [-0.39, 0.29) is 11.9 Å². The molecule has 0 aliphatic rings. The predicted molar refractivity (Wildman–Crippen MR) is 89.2 cm³/mol. The van der Waals surface area contributed by atoms with E-state index in [4.69, 9.17) is 11.6 Å². The largest absolute Gasteiger partial charge is 0.345 e. The van der Waals surface area contributed by atoms with E-state index in [0.29, 0.717) is 10.6 Å². The molecule has 0 aliphatic carbocycles. The van der Waals surface area contributed by atoms with Crippen molar-refractivity contribution in [1.29, 1.82) is 0 Å². The predicted octanol–water partition coefficient (Wildman–Crippen LogP) is 5.36. The van der Waals surface area contributed by atoms with Gasteiger partial charge in [0.05, 0.1) is 16.6 Å². The van der Waals surface area contributed by atoms with Crippen LogP contribution in [0.25, 0.3) is 0 Å². The second kappa shape index (κ2) is 6.74. The lowest BCUT2D eigenvalue weighted by atomic mass is 10.1. The van der Waals surface area contributed by atoms with Gasteiger partial charge in [0.2, 0.25) is 0 Å². The van der Waals surface area contributed by atoms with Crippen LogP contribution in [-0.2, 0) is 0 Å². The van der Waals surface area contributed by atoms with Gasteiger partial charge in [0, 0.05) is 8.95 Å². The molecular weight excluding hydrogens is 405 g/mol. The SMILES string of the molecule is CC(NC(=O)c1ccc(Br)cc1Cl)c1ccc(Br)cc1. The Labute approximate surface area is 139 Å². The number of carbonyl (C=O) groups is 1. The van der Waals surface area contributed by atoms with E-state index in [0.717, 1.165) is 14.5 Å². The maximum absolute atomic E-state index is 12.2. The summed E-state index contributed by atoms with van der Waals surface area (Å²) in [6.07, 6.45) is 0. The smallest absolute Gasteiger partial charge is 0.253 e. The molecule has 1 atom stereocenters. The van der Waals surface area contributed by atoms with Crippen LogP contribution in [-0.4, -0.2) is 5.91 Å². The lowest BCUT2D eigenvalue weighted by Crippen LogP contribution is -2.26. The van der Waals surface area contributed by atoms with E-state index < -0.39 is 0 Å². The molecule has 0 aromatic heterocycles. The molecule has 0 spiro atoms. The molecule has 0 aliphatic heterocycles. The number of hydrogen-bond acceptors (Lipinski definition) is 1. The first kappa shape index (κ1) is 15.5. The molecule has 0 saturated heterocycles. The summed E-state index contributed by atoms with van der Waals surface area (Å²) in [5.41, 5.74) is 1.51. The van der Waals surface area contributed by atoms with Crippen LogP contribution < -0.4 is 5.32 Å². The molecule has 20 heavy (non-hydrogen) atoms. The van der Waals surface area contributed by atoms with Crippen LogP contribution in [0.3, 0.4) is 0 Å². The second-order valence-electron chi connectivity index (χ2n) is 4.37. The molecule has 0 saturated carbocycles. The van der Waals surface area contributed by atoms with E-state index in [1.165, 1.54) is 0 Å². The van der Waals surface area contributed by atoms with Crippen LogP contribution in [0.1, 0.15) is 28.9 Å². The Hall–Kier alpha value is -0.840. The Morgan fingerprint density at radius 2 is 1.70 bits per heavy atom. The van der Waals surface area contributed by atoms with Gasteiger partial charge in [-0.3, -0.25) is 4.79 Å². The highest BCUT2D eigenvalue weighted by Crippen LogP contribution is 2.22. The molecule has 104 valence electrons. The molecule has 2 aromatic rings. The summed E-state index contributed by atoms with van der Waals surface area (Å²) in [6, 6.07) is 13.0. The van der Waals surface area contributed by atoms with Gasteiger partial charge in [-0.15, -0.1) is 0 Å². The number of hydrogen-bond donors (Lipinski definition) is 1. The van der Waals surface area contributed by atoms with Crippen LogP contribution in [0.2, 0.25) is 5.02 Å². The van der Waals surface area contributed by atoms with E-state index in [1.807, 2.05) is 31.2 Å². The fourth-order valence-electron chi connectivity index (χ4n) is 1.78. The molecule has 1 N–H and O–H groups in total. The fourth-order valence-corrected chi connectivity index (χ4v) is 2.81. The Morgan fingerprint density at radius 3 is 2.30 bits per heavy atom. The monoisotopic (exact) mass is 415 g/mol. The molecule has 2 rings (SSSR count). The highest BCUT2D eigenvalue weighted by atomic mass is 79.9. The number of amides is 1. The van der Waals surface area contributed by atoms with Crippen molar-refractivity contribution in [3.8, 4) is 0 Å². The van der Waals surface area contributed by atoms with Gasteiger partial charge in [-0.1, -0.05) is 55.6 Å². The zero-order valence-corrected chi connectivity index (χ0v) is 14.6. The van der Waals surface area contributed by atoms with E-state index in [2.05, 4.69) is 37.2 Å². The average Bonchev–Trinajstić information content (AvgIpc) is 2.39. The second-order valence-corrected chi connectivity index (χ2v) is 6.61. The van der Waals surface area contributed by atoms with Crippen LogP contribution in [0, 0.1) is 0 Å². The van der Waals surface area contributed by atoms with Gasteiger partial charge < -0.3 is 5.32 Å². The Bertz CT molecular complexity index is 628. The van der Waals surface area contributed by atoms with Gasteiger partial charge in [0.1, 0.15) is 0 Å². The third-order valence-electron chi connectivity index (χ3n) is 2.89. The minimum atomic E-state index is -0.182. The number of rotatable bonds is 3. The summed E-state index contributed by atoms with van der Waals surface area (Å²) in [6.45, 7) is 1.94. The summed E-state index contributed by atoms with van der Waals surface area (Å²) in [5.74, 6) is -0.182. The third kappa shape index (κ3) is 3.84. The highest BCUT2D eigenvalue weighted by Gasteiger charge is 2.14. The van der Waals surface area contributed by atoms with Crippen molar-refractivity contribution in [2.75, 3.05) is 0 Å².